The standard InChI is InChI=1S/C20H35N5.HI/c1-5-24-11-13-25(14-12-24)17-18(2)15-21-20(23(3)4)22-16-19-9-7-6-8-10-19;/h6-10,18H,5,11-17H2,1-4H3,(H,21,22);1H. The van der Waals surface area contributed by atoms with Crippen molar-refractivity contribution in [2.24, 2.45) is 10.9 Å². The number of halogens is 1. The van der Waals surface area contributed by atoms with Crippen LogP contribution in [0.2, 0.25) is 0 Å². The number of aliphatic imine (C=N–C) groups is 1. The summed E-state index contributed by atoms with van der Waals surface area (Å²) in [4.78, 5) is 11.9. The summed E-state index contributed by atoms with van der Waals surface area (Å²) < 4.78 is 0. The van der Waals surface area contributed by atoms with Crippen molar-refractivity contribution >= 4 is 29.9 Å². The Balaban J connectivity index is 0.00000338. The molecule has 0 aromatic heterocycles. The highest BCUT2D eigenvalue weighted by Gasteiger charge is 2.17. The minimum absolute atomic E-state index is 0. The van der Waals surface area contributed by atoms with E-state index in [0.29, 0.717) is 12.5 Å². The van der Waals surface area contributed by atoms with Gasteiger partial charge in [0, 0.05) is 53.4 Å². The molecule has 1 aliphatic heterocycles. The molecule has 1 atom stereocenters. The number of hydrogen-bond acceptors (Lipinski definition) is 3. The minimum atomic E-state index is 0. The second-order valence-electron chi connectivity index (χ2n) is 7.24. The van der Waals surface area contributed by atoms with Crippen LogP contribution in [-0.2, 0) is 6.54 Å². The SMILES string of the molecule is CCN1CCN(CC(C)CNC(=NCc2ccccc2)N(C)C)CC1.I. The maximum Gasteiger partial charge on any atom is 0.193 e. The van der Waals surface area contributed by atoms with Gasteiger partial charge in [-0.05, 0) is 18.0 Å². The first kappa shape index (κ1) is 23.2. The molecule has 0 aliphatic carbocycles. The molecule has 26 heavy (non-hydrogen) atoms. The summed E-state index contributed by atoms with van der Waals surface area (Å²) in [5.74, 6) is 1.57. The lowest BCUT2D eigenvalue weighted by Gasteiger charge is -2.35. The van der Waals surface area contributed by atoms with Crippen molar-refractivity contribution in [3.05, 3.63) is 35.9 Å². The number of piperazine rings is 1. The molecule has 1 aromatic rings. The second kappa shape index (κ2) is 12.5. The molecule has 5 nitrogen and oxygen atoms in total. The van der Waals surface area contributed by atoms with Gasteiger partial charge in [-0.1, -0.05) is 44.2 Å². The molecular weight excluding hydrogens is 437 g/mol. The van der Waals surface area contributed by atoms with Crippen LogP contribution in [0.5, 0.6) is 0 Å². The fourth-order valence-corrected chi connectivity index (χ4v) is 3.16. The number of nitrogens with zero attached hydrogens (tertiary/aromatic N) is 4. The molecule has 0 amide bonds. The number of guanidine groups is 1. The summed E-state index contributed by atoms with van der Waals surface area (Å²) in [7, 11) is 4.09. The number of benzene rings is 1. The Hall–Kier alpha value is -0.860. The zero-order chi connectivity index (χ0) is 18.1. The molecule has 1 fully saturated rings. The van der Waals surface area contributed by atoms with Crippen LogP contribution in [0.1, 0.15) is 19.4 Å². The van der Waals surface area contributed by atoms with Crippen LogP contribution in [0.25, 0.3) is 0 Å². The van der Waals surface area contributed by atoms with Crippen LogP contribution in [0.4, 0.5) is 0 Å². The van der Waals surface area contributed by atoms with Crippen LogP contribution < -0.4 is 5.32 Å². The van der Waals surface area contributed by atoms with Gasteiger partial charge in [-0.3, -0.25) is 0 Å². The van der Waals surface area contributed by atoms with Gasteiger partial charge in [0.1, 0.15) is 0 Å². The van der Waals surface area contributed by atoms with Gasteiger partial charge in [0.25, 0.3) is 0 Å². The molecule has 0 spiro atoms. The van der Waals surface area contributed by atoms with Gasteiger partial charge in [0.05, 0.1) is 6.54 Å². The van der Waals surface area contributed by atoms with Crippen molar-refractivity contribution in [3.63, 3.8) is 0 Å². The van der Waals surface area contributed by atoms with Crippen molar-refractivity contribution in [2.45, 2.75) is 20.4 Å². The van der Waals surface area contributed by atoms with E-state index in [9.17, 15) is 0 Å². The normalized spacial score (nSPS) is 17.5. The summed E-state index contributed by atoms with van der Waals surface area (Å²) in [5.41, 5.74) is 1.24. The Bertz CT molecular complexity index is 512. The summed E-state index contributed by atoms with van der Waals surface area (Å²) in [6.07, 6.45) is 0. The third-order valence-corrected chi connectivity index (χ3v) is 4.77. The van der Waals surface area contributed by atoms with Crippen molar-refractivity contribution in [2.75, 3.05) is 59.9 Å². The quantitative estimate of drug-likeness (QED) is 0.375. The van der Waals surface area contributed by atoms with E-state index in [1.165, 1.54) is 38.3 Å². The number of nitrogens with one attached hydrogen (secondary N) is 1. The number of rotatable bonds is 7. The predicted molar refractivity (Wildman–Crippen MR) is 122 cm³/mol. The molecule has 1 aliphatic rings. The van der Waals surface area contributed by atoms with E-state index in [0.717, 1.165) is 19.0 Å². The first-order valence-corrected chi connectivity index (χ1v) is 9.52. The van der Waals surface area contributed by atoms with Crippen molar-refractivity contribution < 1.29 is 0 Å². The maximum absolute atomic E-state index is 4.74. The molecule has 1 saturated heterocycles. The zero-order valence-corrected chi connectivity index (χ0v) is 19.1. The molecule has 1 aromatic carbocycles. The number of hydrogen-bond donors (Lipinski definition) is 1. The Labute approximate surface area is 176 Å². The Morgan fingerprint density at radius 3 is 2.31 bits per heavy atom. The summed E-state index contributed by atoms with van der Waals surface area (Å²) >= 11 is 0. The molecule has 1 unspecified atom stereocenters. The van der Waals surface area contributed by atoms with E-state index in [4.69, 9.17) is 4.99 Å². The van der Waals surface area contributed by atoms with Gasteiger partial charge in [0.15, 0.2) is 5.96 Å². The summed E-state index contributed by atoms with van der Waals surface area (Å²) in [6, 6.07) is 10.4. The molecule has 2 rings (SSSR count). The third-order valence-electron chi connectivity index (χ3n) is 4.77. The van der Waals surface area contributed by atoms with Crippen LogP contribution in [0, 0.1) is 5.92 Å². The minimum Gasteiger partial charge on any atom is -0.356 e. The summed E-state index contributed by atoms with van der Waals surface area (Å²) in [6.45, 7) is 13.4. The van der Waals surface area contributed by atoms with Gasteiger partial charge in [0.2, 0.25) is 0 Å². The van der Waals surface area contributed by atoms with Gasteiger partial charge in [-0.2, -0.15) is 0 Å². The molecule has 1 N–H and O–H groups in total. The zero-order valence-electron chi connectivity index (χ0n) is 16.8. The van der Waals surface area contributed by atoms with Gasteiger partial charge in [-0.15, -0.1) is 24.0 Å². The molecule has 0 radical (unpaired) electrons. The monoisotopic (exact) mass is 473 g/mol. The van der Waals surface area contributed by atoms with E-state index in [1.807, 2.05) is 20.2 Å². The van der Waals surface area contributed by atoms with E-state index < -0.39 is 0 Å². The number of likely N-dealkylation sites (N-methyl/N-ethyl adjacent to an activating group) is 1. The highest BCUT2D eigenvalue weighted by Crippen LogP contribution is 2.05. The Kier molecular flexibility index (Phi) is 11.2. The van der Waals surface area contributed by atoms with Gasteiger partial charge >= 0.3 is 0 Å². The maximum atomic E-state index is 4.74. The smallest absolute Gasteiger partial charge is 0.193 e. The van der Waals surface area contributed by atoms with Gasteiger partial charge in [-0.25, -0.2) is 4.99 Å². The summed E-state index contributed by atoms with van der Waals surface area (Å²) in [5, 5.41) is 3.54. The lowest BCUT2D eigenvalue weighted by atomic mass is 10.1. The van der Waals surface area contributed by atoms with Crippen molar-refractivity contribution in [1.29, 1.82) is 0 Å². The molecule has 1 heterocycles. The van der Waals surface area contributed by atoms with E-state index in [2.05, 4.69) is 58.1 Å². The Morgan fingerprint density at radius 2 is 1.73 bits per heavy atom. The lowest BCUT2D eigenvalue weighted by Crippen LogP contribution is -2.48. The van der Waals surface area contributed by atoms with Crippen molar-refractivity contribution in [1.82, 2.24) is 20.0 Å². The fraction of sp³-hybridized carbons (Fsp3) is 0.650. The van der Waals surface area contributed by atoms with Crippen LogP contribution in [0.15, 0.2) is 35.3 Å². The lowest BCUT2D eigenvalue weighted by molar-refractivity contribution is 0.124. The van der Waals surface area contributed by atoms with Crippen LogP contribution >= 0.6 is 24.0 Å². The predicted octanol–water partition coefficient (Wildman–Crippen LogP) is 2.59. The first-order chi connectivity index (χ1) is 12.1. The first-order valence-electron chi connectivity index (χ1n) is 9.52. The van der Waals surface area contributed by atoms with E-state index in [1.54, 1.807) is 0 Å². The molecule has 148 valence electrons. The fourth-order valence-electron chi connectivity index (χ4n) is 3.16. The molecular formula is C20H36IN5. The highest BCUT2D eigenvalue weighted by atomic mass is 127. The molecule has 0 bridgehead atoms. The van der Waals surface area contributed by atoms with Gasteiger partial charge < -0.3 is 20.0 Å². The van der Waals surface area contributed by atoms with E-state index >= 15 is 0 Å². The average molecular weight is 473 g/mol. The van der Waals surface area contributed by atoms with Crippen LogP contribution in [0.3, 0.4) is 0 Å². The van der Waals surface area contributed by atoms with Crippen LogP contribution in [-0.4, -0.2) is 80.6 Å². The van der Waals surface area contributed by atoms with E-state index in [-0.39, 0.29) is 24.0 Å². The average Bonchev–Trinajstić information content (AvgIpc) is 2.63. The second-order valence-corrected chi connectivity index (χ2v) is 7.24. The third kappa shape index (κ3) is 8.22. The van der Waals surface area contributed by atoms with Crippen molar-refractivity contribution in [3.8, 4) is 0 Å². The largest absolute Gasteiger partial charge is 0.356 e. The molecule has 0 saturated carbocycles. The Morgan fingerprint density at radius 1 is 1.12 bits per heavy atom. The topological polar surface area (TPSA) is 34.1 Å². The molecule has 6 heteroatoms. The highest BCUT2D eigenvalue weighted by molar-refractivity contribution is 14.0.